The summed E-state index contributed by atoms with van der Waals surface area (Å²) in [6, 6.07) is 30.5. The fraction of sp³-hybridized carbons (Fsp3) is 0. The lowest BCUT2D eigenvalue weighted by molar-refractivity contribution is 0.316. The number of para-hydroxylation sites is 1. The van der Waals surface area contributed by atoms with Crippen LogP contribution in [-0.2, 0) is 0 Å². The van der Waals surface area contributed by atoms with Crippen molar-refractivity contribution in [2.45, 2.75) is 0 Å². The van der Waals surface area contributed by atoms with E-state index in [-0.39, 0.29) is 11.1 Å². The minimum atomic E-state index is -0.793. The smallest absolute Gasteiger partial charge is 0.144 e. The summed E-state index contributed by atoms with van der Waals surface area (Å²) in [5.41, 5.74) is 5.37. The van der Waals surface area contributed by atoms with Crippen molar-refractivity contribution >= 4 is 32.7 Å². The lowest BCUT2D eigenvalue weighted by atomic mass is 9.93. The van der Waals surface area contributed by atoms with Gasteiger partial charge in [0.1, 0.15) is 22.7 Å². The van der Waals surface area contributed by atoms with Crippen molar-refractivity contribution in [3.05, 3.63) is 114 Å². The van der Waals surface area contributed by atoms with Gasteiger partial charge in [0.2, 0.25) is 0 Å². The van der Waals surface area contributed by atoms with Crippen LogP contribution in [0.4, 0.5) is 8.78 Å². The maximum atomic E-state index is 14.7. The second kappa shape index (κ2) is 8.82. The Balaban J connectivity index is 1.47. The van der Waals surface area contributed by atoms with E-state index in [1.165, 1.54) is 0 Å². The zero-order chi connectivity index (χ0) is 26.5. The summed E-state index contributed by atoms with van der Waals surface area (Å²) in [6.07, 6.45) is 0. The average molecular weight is 511 g/mol. The number of aromatic nitrogens is 3. The molecule has 39 heavy (non-hydrogen) atoms. The Hall–Kier alpha value is -5.48. The van der Waals surface area contributed by atoms with Gasteiger partial charge in [-0.3, -0.25) is 0 Å². The maximum Gasteiger partial charge on any atom is 0.144 e. The van der Waals surface area contributed by atoms with Crippen molar-refractivity contribution in [3.63, 3.8) is 0 Å². The van der Waals surface area contributed by atoms with E-state index in [1.54, 1.807) is 30.3 Å². The molecular weight excluding hydrogens is 494 g/mol. The minimum Gasteiger partial charge on any atom is -0.247 e. The normalized spacial score (nSPS) is 11.3. The summed E-state index contributed by atoms with van der Waals surface area (Å²) in [7, 11) is 0. The molecule has 2 heterocycles. The Morgan fingerprint density at radius 3 is 2.08 bits per heavy atom. The highest BCUT2D eigenvalue weighted by molar-refractivity contribution is 6.23. The molecular formula is C32H16F2N4O. The highest BCUT2D eigenvalue weighted by Crippen LogP contribution is 2.40. The Kier molecular flexibility index (Phi) is 5.13. The van der Waals surface area contributed by atoms with Crippen molar-refractivity contribution < 1.29 is 13.4 Å². The van der Waals surface area contributed by atoms with E-state index in [0.717, 1.165) is 56.2 Å². The second-order valence-corrected chi connectivity index (χ2v) is 9.16. The summed E-state index contributed by atoms with van der Waals surface area (Å²) in [5.74, 6) is -1.59. The van der Waals surface area contributed by atoms with Gasteiger partial charge < -0.3 is 0 Å². The molecule has 5 nitrogen and oxygen atoms in total. The Labute approximate surface area is 220 Å². The topological polar surface area (TPSA) is 75.6 Å². The van der Waals surface area contributed by atoms with Crippen LogP contribution in [0.15, 0.2) is 102 Å². The number of hydrogen-bond acceptors (Lipinski definition) is 5. The average Bonchev–Trinajstić information content (AvgIpc) is 3.47. The van der Waals surface area contributed by atoms with Crippen LogP contribution >= 0.6 is 0 Å². The Bertz CT molecular complexity index is 2070. The van der Waals surface area contributed by atoms with Gasteiger partial charge in [-0.2, -0.15) is 5.26 Å². The molecule has 0 bridgehead atoms. The number of halogens is 2. The molecule has 5 aromatic carbocycles. The van der Waals surface area contributed by atoms with Gasteiger partial charge in [-0.25, -0.2) is 18.4 Å². The molecule has 7 rings (SSSR count). The van der Waals surface area contributed by atoms with Crippen LogP contribution in [0.2, 0.25) is 0 Å². The molecule has 0 N–H and O–H groups in total. The van der Waals surface area contributed by atoms with Crippen LogP contribution in [0.25, 0.3) is 66.2 Å². The molecule has 7 aromatic rings. The monoisotopic (exact) mass is 510 g/mol. The maximum absolute atomic E-state index is 14.7. The largest absolute Gasteiger partial charge is 0.247 e. The molecule has 2 aromatic heterocycles. The van der Waals surface area contributed by atoms with E-state index < -0.39 is 11.6 Å². The molecule has 0 fully saturated rings. The van der Waals surface area contributed by atoms with Gasteiger partial charge in [0, 0.05) is 27.3 Å². The fourth-order valence-corrected chi connectivity index (χ4v) is 5.13. The van der Waals surface area contributed by atoms with Gasteiger partial charge in [-0.05, 0) is 45.7 Å². The number of pyridine rings is 1. The lowest BCUT2D eigenvalue weighted by Gasteiger charge is -2.13. The SMILES string of the molecule is N#Cc1cc(F)c(-c2ccc(-c3cc4c(-c5ccccc5)nc5ccccc5c4c4nonc34)cc2)c(F)c1. The van der Waals surface area contributed by atoms with Crippen LogP contribution < -0.4 is 0 Å². The first-order chi connectivity index (χ1) is 19.1. The van der Waals surface area contributed by atoms with E-state index >= 15 is 0 Å². The molecule has 0 atom stereocenters. The zero-order valence-electron chi connectivity index (χ0n) is 20.2. The number of benzene rings is 5. The minimum absolute atomic E-state index is 0.0715. The summed E-state index contributed by atoms with van der Waals surface area (Å²) in [6.45, 7) is 0. The number of rotatable bonds is 3. The third-order valence-electron chi connectivity index (χ3n) is 6.90. The van der Waals surface area contributed by atoms with Gasteiger partial charge in [0.15, 0.2) is 0 Å². The molecule has 0 saturated carbocycles. The van der Waals surface area contributed by atoms with Crippen LogP contribution in [0.1, 0.15) is 5.56 Å². The number of hydrogen-bond donors (Lipinski definition) is 0. The third kappa shape index (κ3) is 3.62. The first-order valence-corrected chi connectivity index (χ1v) is 12.2. The quantitative estimate of drug-likeness (QED) is 0.225. The van der Waals surface area contributed by atoms with Crippen LogP contribution in [0.3, 0.4) is 0 Å². The molecule has 7 heteroatoms. The first kappa shape index (κ1) is 22.7. The molecule has 184 valence electrons. The van der Waals surface area contributed by atoms with Crippen molar-refractivity contribution in [2.75, 3.05) is 0 Å². The zero-order valence-corrected chi connectivity index (χ0v) is 20.2. The summed E-state index contributed by atoms with van der Waals surface area (Å²) in [4.78, 5) is 5.00. The summed E-state index contributed by atoms with van der Waals surface area (Å²) < 4.78 is 34.5. The lowest BCUT2D eigenvalue weighted by Crippen LogP contribution is -1.94. The molecule has 0 saturated heterocycles. The van der Waals surface area contributed by atoms with Crippen molar-refractivity contribution in [3.8, 4) is 39.6 Å². The molecule has 0 spiro atoms. The van der Waals surface area contributed by atoms with Gasteiger partial charge in [-0.1, -0.05) is 72.8 Å². The van der Waals surface area contributed by atoms with Crippen molar-refractivity contribution in [1.29, 1.82) is 5.26 Å². The highest BCUT2D eigenvalue weighted by Gasteiger charge is 2.20. The van der Waals surface area contributed by atoms with E-state index in [1.807, 2.05) is 60.7 Å². The van der Waals surface area contributed by atoms with E-state index in [0.29, 0.717) is 16.6 Å². The molecule has 0 aliphatic heterocycles. The van der Waals surface area contributed by atoms with Crippen molar-refractivity contribution in [1.82, 2.24) is 15.3 Å². The van der Waals surface area contributed by atoms with Crippen LogP contribution in [0, 0.1) is 23.0 Å². The predicted octanol–water partition coefficient (Wildman–Crippen LogP) is 8.08. The molecule has 0 aliphatic rings. The fourth-order valence-electron chi connectivity index (χ4n) is 5.13. The van der Waals surface area contributed by atoms with E-state index in [4.69, 9.17) is 14.9 Å². The first-order valence-electron chi connectivity index (χ1n) is 12.2. The van der Waals surface area contributed by atoms with Gasteiger partial charge >= 0.3 is 0 Å². The number of nitrogens with zero attached hydrogens (tertiary/aromatic N) is 4. The predicted molar refractivity (Wildman–Crippen MR) is 146 cm³/mol. The van der Waals surface area contributed by atoms with E-state index in [9.17, 15) is 8.78 Å². The van der Waals surface area contributed by atoms with Crippen LogP contribution in [0.5, 0.6) is 0 Å². The third-order valence-corrected chi connectivity index (χ3v) is 6.90. The number of nitriles is 1. The van der Waals surface area contributed by atoms with Gasteiger partial charge in [0.25, 0.3) is 0 Å². The van der Waals surface area contributed by atoms with Gasteiger partial charge in [0.05, 0.1) is 28.4 Å². The van der Waals surface area contributed by atoms with E-state index in [2.05, 4.69) is 10.3 Å². The summed E-state index contributed by atoms with van der Waals surface area (Å²) in [5, 5.41) is 20.2. The molecule has 0 radical (unpaired) electrons. The molecule has 0 amide bonds. The molecule has 0 unspecified atom stereocenters. The standard InChI is InChI=1S/C32H16F2N4O/c33-25-14-18(17-35)15-26(34)28(25)20-12-10-19(11-13-20)23-16-24-29(32-31(23)37-39-38-32)22-8-4-5-9-27(22)36-30(24)21-6-2-1-3-7-21/h1-16H. The molecule has 0 aliphatic carbocycles. The highest BCUT2D eigenvalue weighted by atomic mass is 19.1. The summed E-state index contributed by atoms with van der Waals surface area (Å²) >= 11 is 0. The Morgan fingerprint density at radius 1 is 0.667 bits per heavy atom. The van der Waals surface area contributed by atoms with Gasteiger partial charge in [-0.15, -0.1) is 0 Å². The van der Waals surface area contributed by atoms with Crippen LogP contribution in [-0.4, -0.2) is 15.3 Å². The number of fused-ring (bicyclic) bond motifs is 5. The second-order valence-electron chi connectivity index (χ2n) is 9.16. The Morgan fingerprint density at radius 2 is 1.33 bits per heavy atom. The van der Waals surface area contributed by atoms with Crippen molar-refractivity contribution in [2.24, 2.45) is 0 Å².